The molecule has 27 heavy (non-hydrogen) atoms. The van der Waals surface area contributed by atoms with Crippen LogP contribution >= 0.6 is 0 Å². The maximum atomic E-state index is 11.0. The number of hydrogen-bond donors (Lipinski definition) is 2. The van der Waals surface area contributed by atoms with Crippen molar-refractivity contribution < 1.29 is 9.21 Å². The van der Waals surface area contributed by atoms with Crippen LogP contribution in [0.25, 0.3) is 11.3 Å². The van der Waals surface area contributed by atoms with E-state index in [1.165, 1.54) is 0 Å². The van der Waals surface area contributed by atoms with Crippen molar-refractivity contribution in [1.82, 2.24) is 20.3 Å². The van der Waals surface area contributed by atoms with Crippen molar-refractivity contribution >= 4 is 23.9 Å². The Labute approximate surface area is 156 Å². The second-order valence-corrected chi connectivity index (χ2v) is 6.38. The lowest BCUT2D eigenvalue weighted by atomic mass is 10.1. The molecule has 0 aliphatic carbocycles. The van der Waals surface area contributed by atoms with Gasteiger partial charge in [0.2, 0.25) is 5.95 Å². The molecule has 1 fully saturated rings. The molecule has 4 rings (SSSR count). The number of oxazole rings is 1. The summed E-state index contributed by atoms with van der Waals surface area (Å²) in [5, 5.41) is 6.34. The second-order valence-electron chi connectivity index (χ2n) is 6.38. The summed E-state index contributed by atoms with van der Waals surface area (Å²) >= 11 is 0. The summed E-state index contributed by atoms with van der Waals surface area (Å²) < 4.78 is 5.94. The van der Waals surface area contributed by atoms with Crippen LogP contribution in [-0.4, -0.2) is 46.9 Å². The first-order valence-electron chi connectivity index (χ1n) is 8.78. The highest BCUT2D eigenvalue weighted by Gasteiger charge is 2.22. The van der Waals surface area contributed by atoms with Crippen molar-refractivity contribution in [2.24, 2.45) is 0 Å². The van der Waals surface area contributed by atoms with Gasteiger partial charge in [-0.05, 0) is 25.1 Å². The molecule has 0 spiro atoms. The lowest BCUT2D eigenvalue weighted by Gasteiger charge is -2.29. The molecule has 1 unspecified atom stereocenters. The Morgan fingerprint density at radius 3 is 3.11 bits per heavy atom. The Morgan fingerprint density at radius 1 is 1.33 bits per heavy atom. The Hall–Kier alpha value is -3.26. The van der Waals surface area contributed by atoms with Crippen LogP contribution in [0.4, 0.5) is 17.7 Å². The van der Waals surface area contributed by atoms with Crippen LogP contribution in [0.5, 0.6) is 0 Å². The fourth-order valence-corrected chi connectivity index (χ4v) is 2.98. The highest BCUT2D eigenvalue weighted by atomic mass is 16.4. The SMILES string of the molecule is Cc1ccnc(Nc2cccc(-c3cnc(N4CCNC(C=O)C4)o3)c2)n1. The van der Waals surface area contributed by atoms with E-state index in [0.717, 1.165) is 36.3 Å². The minimum Gasteiger partial charge on any atom is -0.423 e. The predicted molar refractivity (Wildman–Crippen MR) is 102 cm³/mol. The van der Waals surface area contributed by atoms with Crippen LogP contribution in [-0.2, 0) is 4.79 Å². The van der Waals surface area contributed by atoms with Gasteiger partial charge in [-0.2, -0.15) is 0 Å². The molecule has 3 aromatic rings. The summed E-state index contributed by atoms with van der Waals surface area (Å²) in [7, 11) is 0. The van der Waals surface area contributed by atoms with Gasteiger partial charge in [0, 0.05) is 42.8 Å². The zero-order chi connectivity index (χ0) is 18.6. The minimum absolute atomic E-state index is 0.198. The van der Waals surface area contributed by atoms with Gasteiger partial charge in [-0.25, -0.2) is 15.0 Å². The van der Waals surface area contributed by atoms with E-state index in [0.29, 0.717) is 24.3 Å². The maximum absolute atomic E-state index is 11.0. The van der Waals surface area contributed by atoms with Gasteiger partial charge in [0.05, 0.1) is 12.2 Å². The maximum Gasteiger partial charge on any atom is 0.297 e. The average Bonchev–Trinajstić information content (AvgIpc) is 3.19. The second kappa shape index (κ2) is 7.55. The average molecular weight is 364 g/mol. The molecule has 2 aromatic heterocycles. The lowest BCUT2D eigenvalue weighted by Crippen LogP contribution is -2.51. The Balaban J connectivity index is 1.52. The summed E-state index contributed by atoms with van der Waals surface area (Å²) in [6.45, 7) is 3.94. The largest absolute Gasteiger partial charge is 0.423 e. The van der Waals surface area contributed by atoms with E-state index >= 15 is 0 Å². The number of nitrogens with zero attached hydrogens (tertiary/aromatic N) is 4. The summed E-state index contributed by atoms with van der Waals surface area (Å²) in [4.78, 5) is 25.9. The van der Waals surface area contributed by atoms with E-state index < -0.39 is 0 Å². The molecule has 0 radical (unpaired) electrons. The van der Waals surface area contributed by atoms with E-state index in [1.54, 1.807) is 12.4 Å². The molecule has 1 aromatic carbocycles. The third-order valence-electron chi connectivity index (χ3n) is 4.33. The number of nitrogens with one attached hydrogen (secondary N) is 2. The van der Waals surface area contributed by atoms with E-state index in [1.807, 2.05) is 42.2 Å². The first-order chi connectivity index (χ1) is 13.2. The molecular weight excluding hydrogens is 344 g/mol. The molecule has 1 atom stereocenters. The number of rotatable bonds is 5. The topological polar surface area (TPSA) is 96.2 Å². The lowest BCUT2D eigenvalue weighted by molar-refractivity contribution is -0.109. The Bertz CT molecular complexity index is 941. The standard InChI is InChI=1S/C19H20N6O2/c1-13-5-6-21-18(23-13)24-15-4-2-3-14(9-15)17-10-22-19(27-17)25-8-7-20-16(11-25)12-26/h2-6,9-10,12,16,20H,7-8,11H2,1H3,(H,21,23,24). The normalized spacial score (nSPS) is 16.9. The number of carbonyl (C=O) groups excluding carboxylic acids is 1. The third kappa shape index (κ3) is 3.95. The highest BCUT2D eigenvalue weighted by molar-refractivity contribution is 5.66. The van der Waals surface area contributed by atoms with Crippen LogP contribution in [0.15, 0.2) is 47.1 Å². The number of aryl methyl sites for hydroxylation is 1. The van der Waals surface area contributed by atoms with E-state index in [2.05, 4.69) is 25.6 Å². The molecule has 8 nitrogen and oxygen atoms in total. The monoisotopic (exact) mass is 364 g/mol. The van der Waals surface area contributed by atoms with Crippen LogP contribution in [0, 0.1) is 6.92 Å². The summed E-state index contributed by atoms with van der Waals surface area (Å²) in [6, 6.07) is 9.97. The zero-order valence-corrected chi connectivity index (χ0v) is 14.9. The number of aromatic nitrogens is 3. The smallest absolute Gasteiger partial charge is 0.297 e. The van der Waals surface area contributed by atoms with Crippen molar-refractivity contribution in [3.8, 4) is 11.3 Å². The van der Waals surface area contributed by atoms with E-state index in [-0.39, 0.29) is 6.04 Å². The number of aldehydes is 1. The molecule has 138 valence electrons. The van der Waals surface area contributed by atoms with Crippen molar-refractivity contribution in [3.63, 3.8) is 0 Å². The molecule has 0 amide bonds. The number of carbonyl (C=O) groups is 1. The van der Waals surface area contributed by atoms with Gasteiger partial charge in [-0.15, -0.1) is 0 Å². The number of benzene rings is 1. The Kier molecular flexibility index (Phi) is 4.80. The van der Waals surface area contributed by atoms with E-state index in [9.17, 15) is 4.79 Å². The molecule has 1 saturated heterocycles. The van der Waals surface area contributed by atoms with Crippen molar-refractivity contribution in [2.75, 3.05) is 29.9 Å². The molecule has 0 saturated carbocycles. The molecular formula is C19H20N6O2. The fourth-order valence-electron chi connectivity index (χ4n) is 2.98. The molecule has 1 aliphatic rings. The first-order valence-corrected chi connectivity index (χ1v) is 8.78. The fraction of sp³-hybridized carbons (Fsp3) is 0.263. The summed E-state index contributed by atoms with van der Waals surface area (Å²) in [5.41, 5.74) is 2.65. The number of piperazine rings is 1. The summed E-state index contributed by atoms with van der Waals surface area (Å²) in [6.07, 6.45) is 4.34. The van der Waals surface area contributed by atoms with Crippen molar-refractivity contribution in [3.05, 3.63) is 48.4 Å². The van der Waals surface area contributed by atoms with Gasteiger partial charge in [0.25, 0.3) is 6.01 Å². The van der Waals surface area contributed by atoms with E-state index in [4.69, 9.17) is 4.42 Å². The molecule has 3 heterocycles. The van der Waals surface area contributed by atoms with Crippen molar-refractivity contribution in [2.45, 2.75) is 13.0 Å². The van der Waals surface area contributed by atoms with Gasteiger partial charge in [-0.3, -0.25) is 0 Å². The molecule has 8 heteroatoms. The predicted octanol–water partition coefficient (Wildman–Crippen LogP) is 2.16. The van der Waals surface area contributed by atoms with Crippen LogP contribution in [0.1, 0.15) is 5.69 Å². The zero-order valence-electron chi connectivity index (χ0n) is 14.9. The molecule has 2 N–H and O–H groups in total. The van der Waals surface area contributed by atoms with Gasteiger partial charge < -0.3 is 24.7 Å². The third-order valence-corrected chi connectivity index (χ3v) is 4.33. The first kappa shape index (κ1) is 17.2. The number of hydrogen-bond acceptors (Lipinski definition) is 8. The van der Waals surface area contributed by atoms with Crippen LogP contribution in [0.3, 0.4) is 0 Å². The van der Waals surface area contributed by atoms with Gasteiger partial charge in [0.1, 0.15) is 6.29 Å². The van der Waals surface area contributed by atoms with Gasteiger partial charge in [-0.1, -0.05) is 12.1 Å². The number of anilines is 3. The van der Waals surface area contributed by atoms with Crippen LogP contribution in [0.2, 0.25) is 0 Å². The molecule has 1 aliphatic heterocycles. The molecule has 0 bridgehead atoms. The van der Waals surface area contributed by atoms with Crippen molar-refractivity contribution in [1.29, 1.82) is 0 Å². The summed E-state index contributed by atoms with van der Waals surface area (Å²) in [5.74, 6) is 1.21. The highest BCUT2D eigenvalue weighted by Crippen LogP contribution is 2.27. The quantitative estimate of drug-likeness (QED) is 0.665. The van der Waals surface area contributed by atoms with Gasteiger partial charge >= 0.3 is 0 Å². The Morgan fingerprint density at radius 2 is 2.26 bits per heavy atom. The van der Waals surface area contributed by atoms with Crippen LogP contribution < -0.4 is 15.5 Å². The van der Waals surface area contributed by atoms with Gasteiger partial charge in [0.15, 0.2) is 5.76 Å². The minimum atomic E-state index is -0.198.